The Morgan fingerprint density at radius 2 is 1.78 bits per heavy atom. The highest BCUT2D eigenvalue weighted by molar-refractivity contribution is 6.20. The van der Waals surface area contributed by atoms with Crippen LogP contribution in [0, 0.1) is 17.2 Å². The summed E-state index contributed by atoms with van der Waals surface area (Å²) in [5, 5.41) is 8.98. The molecule has 0 saturated carbocycles. The zero-order valence-corrected chi connectivity index (χ0v) is 12.4. The van der Waals surface area contributed by atoms with Crippen LogP contribution in [0.15, 0.2) is 24.3 Å². The zero-order chi connectivity index (χ0) is 17.0. The minimum atomic E-state index is -1.53. The monoisotopic (exact) mass is 314 g/mol. The predicted molar refractivity (Wildman–Crippen MR) is 78.2 cm³/mol. The van der Waals surface area contributed by atoms with Crippen LogP contribution in [0.3, 0.4) is 0 Å². The van der Waals surface area contributed by atoms with Gasteiger partial charge in [-0.2, -0.15) is 5.26 Å². The van der Waals surface area contributed by atoms with E-state index in [0.29, 0.717) is 5.69 Å². The number of nitrogens with zero attached hydrogens (tertiary/aromatic N) is 2. The first-order valence-electron chi connectivity index (χ1n) is 7.06. The SMILES string of the molecule is CCOC(=O)C(C#N)C(=O)c1ccc(N2C(=O)CCC2=O)cc1. The van der Waals surface area contributed by atoms with E-state index in [2.05, 4.69) is 0 Å². The Morgan fingerprint density at radius 1 is 1.22 bits per heavy atom. The molecular weight excluding hydrogens is 300 g/mol. The van der Waals surface area contributed by atoms with Gasteiger partial charge in [0.1, 0.15) is 0 Å². The van der Waals surface area contributed by atoms with Crippen molar-refractivity contribution in [3.8, 4) is 6.07 Å². The fourth-order valence-electron chi connectivity index (χ4n) is 2.25. The molecule has 0 aliphatic carbocycles. The van der Waals surface area contributed by atoms with E-state index >= 15 is 0 Å². The minimum absolute atomic E-state index is 0.0718. The number of benzene rings is 1. The molecule has 1 aromatic carbocycles. The summed E-state index contributed by atoms with van der Waals surface area (Å²) in [6, 6.07) is 7.25. The predicted octanol–water partition coefficient (Wildman–Crippen LogP) is 1.23. The van der Waals surface area contributed by atoms with Crippen molar-refractivity contribution < 1.29 is 23.9 Å². The number of hydrogen-bond donors (Lipinski definition) is 0. The normalized spacial score (nSPS) is 15.2. The summed E-state index contributed by atoms with van der Waals surface area (Å²) in [4.78, 5) is 48.1. The maximum absolute atomic E-state index is 12.2. The van der Waals surface area contributed by atoms with Gasteiger partial charge in [-0.05, 0) is 31.2 Å². The topological polar surface area (TPSA) is 105 Å². The van der Waals surface area contributed by atoms with Gasteiger partial charge in [-0.1, -0.05) is 0 Å². The van der Waals surface area contributed by atoms with Crippen molar-refractivity contribution >= 4 is 29.3 Å². The van der Waals surface area contributed by atoms with E-state index in [1.165, 1.54) is 24.3 Å². The van der Waals surface area contributed by atoms with Crippen LogP contribution in [0.1, 0.15) is 30.1 Å². The number of carbonyl (C=O) groups excluding carboxylic acids is 4. The average Bonchev–Trinajstić information content (AvgIpc) is 2.87. The van der Waals surface area contributed by atoms with Crippen molar-refractivity contribution in [3.63, 3.8) is 0 Å². The lowest BCUT2D eigenvalue weighted by Crippen LogP contribution is -2.28. The fraction of sp³-hybridized carbons (Fsp3) is 0.312. The number of imide groups is 1. The molecule has 7 heteroatoms. The van der Waals surface area contributed by atoms with Gasteiger partial charge in [-0.15, -0.1) is 0 Å². The van der Waals surface area contributed by atoms with E-state index < -0.39 is 17.7 Å². The number of ether oxygens (including phenoxy) is 1. The summed E-state index contributed by atoms with van der Waals surface area (Å²) in [6.07, 6.45) is 0.331. The van der Waals surface area contributed by atoms with Gasteiger partial charge >= 0.3 is 5.97 Å². The summed E-state index contributed by atoms with van der Waals surface area (Å²) >= 11 is 0. The van der Waals surface area contributed by atoms with Crippen LogP contribution in [0.5, 0.6) is 0 Å². The lowest BCUT2D eigenvalue weighted by Gasteiger charge is -2.14. The number of carbonyl (C=O) groups is 4. The Labute approximate surface area is 132 Å². The van der Waals surface area contributed by atoms with Gasteiger partial charge in [0.25, 0.3) is 0 Å². The van der Waals surface area contributed by atoms with Gasteiger partial charge in [-0.3, -0.25) is 24.1 Å². The van der Waals surface area contributed by atoms with Crippen molar-refractivity contribution in [1.29, 1.82) is 5.26 Å². The van der Waals surface area contributed by atoms with Crippen LogP contribution in [-0.4, -0.2) is 30.2 Å². The van der Waals surface area contributed by atoms with Gasteiger partial charge in [0, 0.05) is 18.4 Å². The van der Waals surface area contributed by atoms with Gasteiger partial charge in [0.2, 0.25) is 17.7 Å². The van der Waals surface area contributed by atoms with Crippen LogP contribution >= 0.6 is 0 Å². The minimum Gasteiger partial charge on any atom is -0.465 e. The molecule has 1 aromatic rings. The molecular formula is C16H14N2O5. The Balaban J connectivity index is 2.20. The third-order valence-corrected chi connectivity index (χ3v) is 3.38. The number of amides is 2. The standard InChI is InChI=1S/C16H14N2O5/c1-2-23-16(22)12(9-17)15(21)10-3-5-11(6-4-10)18-13(19)7-8-14(18)20/h3-6,12H,2,7-8H2,1H3. The number of ketones is 1. The Kier molecular flexibility index (Phi) is 4.86. The van der Waals surface area contributed by atoms with Crippen LogP contribution in [0.4, 0.5) is 5.69 Å². The molecule has 1 aliphatic heterocycles. The van der Waals surface area contributed by atoms with E-state index in [1.807, 2.05) is 0 Å². The smallest absolute Gasteiger partial charge is 0.331 e. The molecule has 0 aromatic heterocycles. The summed E-state index contributed by atoms with van der Waals surface area (Å²) in [5.74, 6) is -3.70. The lowest BCUT2D eigenvalue weighted by atomic mass is 9.98. The summed E-state index contributed by atoms with van der Waals surface area (Å²) in [5.41, 5.74) is 0.492. The highest BCUT2D eigenvalue weighted by Gasteiger charge is 2.31. The summed E-state index contributed by atoms with van der Waals surface area (Å²) in [6.45, 7) is 1.65. The maximum Gasteiger partial charge on any atom is 0.331 e. The number of hydrogen-bond acceptors (Lipinski definition) is 6. The first-order valence-corrected chi connectivity index (χ1v) is 7.06. The van der Waals surface area contributed by atoms with Crippen molar-refractivity contribution in [2.75, 3.05) is 11.5 Å². The maximum atomic E-state index is 12.2. The molecule has 1 fully saturated rings. The van der Waals surface area contributed by atoms with Crippen molar-refractivity contribution in [3.05, 3.63) is 29.8 Å². The summed E-state index contributed by atoms with van der Waals surface area (Å²) in [7, 11) is 0. The van der Waals surface area contributed by atoms with Crippen molar-refractivity contribution in [2.45, 2.75) is 19.8 Å². The molecule has 23 heavy (non-hydrogen) atoms. The third-order valence-electron chi connectivity index (χ3n) is 3.38. The largest absolute Gasteiger partial charge is 0.465 e. The van der Waals surface area contributed by atoms with Crippen molar-refractivity contribution in [1.82, 2.24) is 0 Å². The third kappa shape index (κ3) is 3.26. The van der Waals surface area contributed by atoms with Crippen molar-refractivity contribution in [2.24, 2.45) is 5.92 Å². The molecule has 2 rings (SSSR count). The number of esters is 1. The second kappa shape index (κ2) is 6.83. The molecule has 7 nitrogen and oxygen atoms in total. The molecule has 0 bridgehead atoms. The fourth-order valence-corrected chi connectivity index (χ4v) is 2.25. The van der Waals surface area contributed by atoms with Crippen LogP contribution < -0.4 is 4.90 Å². The van der Waals surface area contributed by atoms with E-state index in [-0.39, 0.29) is 36.8 Å². The Morgan fingerprint density at radius 3 is 2.26 bits per heavy atom. The van der Waals surface area contributed by atoms with Gasteiger partial charge < -0.3 is 4.74 Å². The number of nitriles is 1. The second-order valence-corrected chi connectivity index (χ2v) is 4.85. The summed E-state index contributed by atoms with van der Waals surface area (Å²) < 4.78 is 4.69. The molecule has 1 aliphatic rings. The molecule has 0 spiro atoms. The second-order valence-electron chi connectivity index (χ2n) is 4.85. The highest BCUT2D eigenvalue weighted by atomic mass is 16.5. The highest BCUT2D eigenvalue weighted by Crippen LogP contribution is 2.23. The molecule has 2 amide bonds. The van der Waals surface area contributed by atoms with E-state index in [0.717, 1.165) is 4.90 Å². The van der Waals surface area contributed by atoms with E-state index in [1.54, 1.807) is 13.0 Å². The van der Waals surface area contributed by atoms with E-state index in [9.17, 15) is 19.2 Å². The first-order chi connectivity index (χ1) is 11.0. The van der Waals surface area contributed by atoms with Crippen LogP contribution in [0.25, 0.3) is 0 Å². The quantitative estimate of drug-likeness (QED) is 0.350. The van der Waals surface area contributed by atoms with Crippen LogP contribution in [-0.2, 0) is 19.1 Å². The zero-order valence-electron chi connectivity index (χ0n) is 12.4. The molecule has 118 valence electrons. The average molecular weight is 314 g/mol. The lowest BCUT2D eigenvalue weighted by molar-refractivity contribution is -0.144. The number of Topliss-reactive ketones (excluding diaryl/α,β-unsaturated/α-hetero) is 1. The van der Waals surface area contributed by atoms with Gasteiger partial charge in [-0.25, -0.2) is 0 Å². The molecule has 1 atom stereocenters. The Bertz CT molecular complexity index is 686. The van der Waals surface area contributed by atoms with Gasteiger partial charge in [0.05, 0.1) is 18.4 Å². The molecule has 0 radical (unpaired) electrons. The van der Waals surface area contributed by atoms with Gasteiger partial charge in [0.15, 0.2) is 5.78 Å². The molecule has 1 heterocycles. The molecule has 0 N–H and O–H groups in total. The van der Waals surface area contributed by atoms with Crippen LogP contribution in [0.2, 0.25) is 0 Å². The Hall–Kier alpha value is -3.01. The number of rotatable bonds is 5. The number of anilines is 1. The molecule has 1 saturated heterocycles. The first kappa shape index (κ1) is 16.4. The molecule has 1 unspecified atom stereocenters. The van der Waals surface area contributed by atoms with E-state index in [4.69, 9.17) is 10.00 Å².